The van der Waals surface area contributed by atoms with Crippen LogP contribution >= 0.6 is 11.3 Å². The number of hydrogen-bond donors (Lipinski definition) is 2. The predicted molar refractivity (Wildman–Crippen MR) is 67.8 cm³/mol. The zero-order valence-corrected chi connectivity index (χ0v) is 10.8. The number of anilines is 1. The summed E-state index contributed by atoms with van der Waals surface area (Å²) in [4.78, 5) is 14.5. The number of alkyl halides is 3. The number of carboxylic acid groups (broad SMARTS) is 1. The fourth-order valence-corrected chi connectivity index (χ4v) is 2.23. The molecule has 1 aromatic heterocycles. The van der Waals surface area contributed by atoms with Crippen LogP contribution in [0.25, 0.3) is 0 Å². The number of aromatic carboxylic acids is 1. The molecule has 0 bridgehead atoms. The van der Waals surface area contributed by atoms with E-state index < -0.39 is 17.7 Å². The summed E-state index contributed by atoms with van der Waals surface area (Å²) in [5.41, 5.74) is -0.644. The van der Waals surface area contributed by atoms with E-state index in [2.05, 4.69) is 10.3 Å². The molecule has 0 radical (unpaired) electrons. The van der Waals surface area contributed by atoms with Crippen LogP contribution in [0.15, 0.2) is 30.5 Å². The fraction of sp³-hybridized carbons (Fsp3) is 0.167. The Hall–Kier alpha value is -2.09. The van der Waals surface area contributed by atoms with Gasteiger partial charge in [0.2, 0.25) is 0 Å². The maximum Gasteiger partial charge on any atom is 0.416 e. The Balaban J connectivity index is 2.13. The van der Waals surface area contributed by atoms with Crippen LogP contribution in [-0.2, 0) is 12.7 Å². The average molecular weight is 302 g/mol. The number of nitrogens with zero attached hydrogens (tertiary/aromatic N) is 1. The van der Waals surface area contributed by atoms with Crippen LogP contribution < -0.4 is 5.32 Å². The van der Waals surface area contributed by atoms with Gasteiger partial charge in [-0.1, -0.05) is 29.5 Å². The Labute approximate surface area is 115 Å². The Morgan fingerprint density at radius 3 is 2.65 bits per heavy atom. The van der Waals surface area contributed by atoms with Crippen molar-refractivity contribution in [3.05, 3.63) is 46.5 Å². The summed E-state index contributed by atoms with van der Waals surface area (Å²) in [6, 6.07) is 5.19. The van der Waals surface area contributed by atoms with Crippen LogP contribution in [0, 0.1) is 0 Å². The van der Waals surface area contributed by atoms with Crippen LogP contribution in [-0.4, -0.2) is 16.1 Å². The molecule has 2 N–H and O–H groups in total. The SMILES string of the molecule is O=C(O)c1cnc(NCc2ccccc2C(F)(F)F)s1. The van der Waals surface area contributed by atoms with E-state index in [1.807, 2.05) is 0 Å². The van der Waals surface area contributed by atoms with E-state index in [-0.39, 0.29) is 22.1 Å². The van der Waals surface area contributed by atoms with Gasteiger partial charge in [-0.2, -0.15) is 13.2 Å². The monoisotopic (exact) mass is 302 g/mol. The number of halogens is 3. The van der Waals surface area contributed by atoms with Crippen LogP contribution in [0.2, 0.25) is 0 Å². The van der Waals surface area contributed by atoms with Gasteiger partial charge in [0.15, 0.2) is 5.13 Å². The number of carboxylic acids is 1. The zero-order valence-electron chi connectivity index (χ0n) is 9.94. The zero-order chi connectivity index (χ0) is 14.8. The highest BCUT2D eigenvalue weighted by atomic mass is 32.1. The molecule has 2 rings (SSSR count). The van der Waals surface area contributed by atoms with Crippen LogP contribution in [0.1, 0.15) is 20.8 Å². The van der Waals surface area contributed by atoms with Crippen molar-refractivity contribution < 1.29 is 23.1 Å². The average Bonchev–Trinajstić information content (AvgIpc) is 2.84. The number of nitrogens with one attached hydrogen (secondary N) is 1. The van der Waals surface area contributed by atoms with Crippen molar-refractivity contribution in [2.45, 2.75) is 12.7 Å². The topological polar surface area (TPSA) is 62.2 Å². The number of carbonyl (C=O) groups is 1. The lowest BCUT2D eigenvalue weighted by molar-refractivity contribution is -0.138. The summed E-state index contributed by atoms with van der Waals surface area (Å²) in [5, 5.41) is 11.7. The van der Waals surface area contributed by atoms with Gasteiger partial charge in [-0.15, -0.1) is 0 Å². The number of rotatable bonds is 4. The van der Waals surface area contributed by atoms with Crippen LogP contribution in [0.3, 0.4) is 0 Å². The second-order valence-corrected chi connectivity index (χ2v) is 4.87. The molecular formula is C12H9F3N2O2S. The van der Waals surface area contributed by atoms with Crippen LogP contribution in [0.4, 0.5) is 18.3 Å². The van der Waals surface area contributed by atoms with Crippen molar-refractivity contribution in [3.8, 4) is 0 Å². The highest BCUT2D eigenvalue weighted by Gasteiger charge is 2.32. The summed E-state index contributed by atoms with van der Waals surface area (Å²) >= 11 is 0.871. The van der Waals surface area contributed by atoms with Gasteiger partial charge in [-0.05, 0) is 11.6 Å². The molecule has 1 aromatic carbocycles. The summed E-state index contributed by atoms with van der Waals surface area (Å²) in [7, 11) is 0. The molecule has 4 nitrogen and oxygen atoms in total. The molecule has 0 aliphatic heterocycles. The molecule has 8 heteroatoms. The van der Waals surface area contributed by atoms with Crippen molar-refractivity contribution in [2.24, 2.45) is 0 Å². The van der Waals surface area contributed by atoms with Gasteiger partial charge in [-0.3, -0.25) is 0 Å². The van der Waals surface area contributed by atoms with Gasteiger partial charge < -0.3 is 10.4 Å². The molecule has 20 heavy (non-hydrogen) atoms. The molecule has 1 heterocycles. The maximum atomic E-state index is 12.8. The molecule has 0 unspecified atom stereocenters. The van der Waals surface area contributed by atoms with E-state index >= 15 is 0 Å². The Bertz CT molecular complexity index is 625. The van der Waals surface area contributed by atoms with E-state index in [0.717, 1.165) is 23.6 Å². The van der Waals surface area contributed by atoms with E-state index in [4.69, 9.17) is 5.11 Å². The Kier molecular flexibility index (Phi) is 3.93. The van der Waals surface area contributed by atoms with E-state index in [1.165, 1.54) is 18.2 Å². The number of aromatic nitrogens is 1. The van der Waals surface area contributed by atoms with E-state index in [0.29, 0.717) is 0 Å². The first-order chi connectivity index (χ1) is 9.38. The maximum absolute atomic E-state index is 12.8. The van der Waals surface area contributed by atoms with Crippen molar-refractivity contribution in [3.63, 3.8) is 0 Å². The van der Waals surface area contributed by atoms with Gasteiger partial charge in [-0.25, -0.2) is 9.78 Å². The lowest BCUT2D eigenvalue weighted by Gasteiger charge is -2.12. The number of benzene rings is 1. The number of hydrogen-bond acceptors (Lipinski definition) is 4. The normalized spacial score (nSPS) is 11.3. The minimum absolute atomic E-state index is 0.0246. The molecule has 2 aromatic rings. The first-order valence-corrected chi connectivity index (χ1v) is 6.27. The molecule has 0 aliphatic carbocycles. The highest BCUT2D eigenvalue weighted by molar-refractivity contribution is 7.17. The van der Waals surface area contributed by atoms with Crippen molar-refractivity contribution in [1.82, 2.24) is 4.98 Å². The quantitative estimate of drug-likeness (QED) is 0.907. The van der Waals surface area contributed by atoms with Crippen molar-refractivity contribution in [1.29, 1.82) is 0 Å². The summed E-state index contributed by atoms with van der Waals surface area (Å²) in [6.45, 7) is -0.0811. The molecule has 0 saturated carbocycles. The first-order valence-electron chi connectivity index (χ1n) is 5.46. The first kappa shape index (κ1) is 14.3. The molecule has 0 aliphatic rings. The minimum atomic E-state index is -4.42. The van der Waals surface area contributed by atoms with Gasteiger partial charge in [0, 0.05) is 6.54 Å². The second-order valence-electron chi connectivity index (χ2n) is 3.84. The second kappa shape index (κ2) is 5.49. The molecule has 0 amide bonds. The summed E-state index contributed by atoms with van der Waals surface area (Å²) < 4.78 is 38.3. The largest absolute Gasteiger partial charge is 0.477 e. The Morgan fingerprint density at radius 2 is 2.05 bits per heavy atom. The van der Waals surface area contributed by atoms with Gasteiger partial charge >= 0.3 is 12.1 Å². The van der Waals surface area contributed by atoms with Crippen molar-refractivity contribution >= 4 is 22.4 Å². The third-order valence-corrected chi connectivity index (χ3v) is 3.41. The molecule has 106 valence electrons. The minimum Gasteiger partial charge on any atom is -0.477 e. The third-order valence-electron chi connectivity index (χ3n) is 2.47. The highest BCUT2D eigenvalue weighted by Crippen LogP contribution is 2.32. The molecule has 0 saturated heterocycles. The van der Waals surface area contributed by atoms with Gasteiger partial charge in [0.25, 0.3) is 0 Å². The van der Waals surface area contributed by atoms with Gasteiger partial charge in [0.1, 0.15) is 4.88 Å². The van der Waals surface area contributed by atoms with Crippen molar-refractivity contribution in [2.75, 3.05) is 5.32 Å². The van der Waals surface area contributed by atoms with Crippen LogP contribution in [0.5, 0.6) is 0 Å². The standard InChI is InChI=1S/C12H9F3N2O2S/c13-12(14,15)8-4-2-1-3-7(8)5-16-11-17-6-9(20-11)10(18)19/h1-4,6H,5H2,(H,16,17)(H,18,19). The predicted octanol–water partition coefficient (Wildman–Crippen LogP) is 3.47. The molecule has 0 atom stereocenters. The summed E-state index contributed by atoms with van der Waals surface area (Å²) in [5.74, 6) is -1.12. The lowest BCUT2D eigenvalue weighted by Crippen LogP contribution is -2.11. The third kappa shape index (κ3) is 3.27. The fourth-order valence-electron chi connectivity index (χ4n) is 1.58. The van der Waals surface area contributed by atoms with Gasteiger partial charge in [0.05, 0.1) is 11.8 Å². The molecular weight excluding hydrogens is 293 g/mol. The number of thiazole rings is 1. The smallest absolute Gasteiger partial charge is 0.416 e. The van der Waals surface area contributed by atoms with E-state index in [9.17, 15) is 18.0 Å². The Morgan fingerprint density at radius 1 is 1.35 bits per heavy atom. The van der Waals surface area contributed by atoms with E-state index in [1.54, 1.807) is 0 Å². The lowest BCUT2D eigenvalue weighted by atomic mass is 10.1. The molecule has 0 spiro atoms. The summed E-state index contributed by atoms with van der Waals surface area (Å²) in [6.07, 6.45) is -3.27. The molecule has 0 fully saturated rings.